The zero-order valence-electron chi connectivity index (χ0n) is 14.9. The summed E-state index contributed by atoms with van der Waals surface area (Å²) < 4.78 is 13.1. The topological polar surface area (TPSA) is 82.5 Å². The number of carbonyl (C=O) groups excluding carboxylic acids is 2. The number of nitrogens with zero attached hydrogens (tertiary/aromatic N) is 2. The molecule has 1 aromatic carbocycles. The van der Waals surface area contributed by atoms with E-state index in [0.29, 0.717) is 0 Å². The number of benzene rings is 1. The largest absolute Gasteiger partial charge is 0.459 e. The van der Waals surface area contributed by atoms with Gasteiger partial charge in [-0.1, -0.05) is 30.3 Å². The molecule has 0 fully saturated rings. The van der Waals surface area contributed by atoms with Gasteiger partial charge in [-0.05, 0) is 48.9 Å². The van der Waals surface area contributed by atoms with E-state index in [1.54, 1.807) is 37.8 Å². The molecule has 2 aromatic rings. The molecule has 0 unspecified atom stereocenters. The second kappa shape index (κ2) is 9.02. The van der Waals surface area contributed by atoms with Gasteiger partial charge < -0.3 is 14.8 Å². The number of carbonyl (C=O) groups is 2. The van der Waals surface area contributed by atoms with Gasteiger partial charge in [0.15, 0.2) is 0 Å². The van der Waals surface area contributed by atoms with Crippen molar-refractivity contribution in [1.82, 2.24) is 15.1 Å². The third kappa shape index (κ3) is 7.03. The van der Waals surface area contributed by atoms with Gasteiger partial charge in [0.2, 0.25) is 0 Å². The number of aromatic nitrogens is 2. The molecule has 0 aliphatic rings. The zero-order valence-corrected chi connectivity index (χ0v) is 17.1. The zero-order chi connectivity index (χ0) is 19.2. The fraction of sp³-hybridized carbons (Fsp3) is 0.389. The number of halogens is 1. The highest BCUT2D eigenvalue weighted by Crippen LogP contribution is 2.09. The average molecular weight is 471 g/mol. The summed E-state index contributed by atoms with van der Waals surface area (Å²) >= 11 is 2.12. The molecule has 1 heterocycles. The van der Waals surface area contributed by atoms with Crippen LogP contribution in [-0.2, 0) is 27.4 Å². The van der Waals surface area contributed by atoms with E-state index >= 15 is 0 Å². The number of hydrogen-bond donors (Lipinski definition) is 1. The molecule has 1 amide bonds. The Balaban J connectivity index is 2.03. The van der Waals surface area contributed by atoms with E-state index in [9.17, 15) is 9.59 Å². The Kier molecular flexibility index (Phi) is 7.01. The second-order valence-corrected chi connectivity index (χ2v) is 7.92. The summed E-state index contributed by atoms with van der Waals surface area (Å²) in [7, 11) is 0. The van der Waals surface area contributed by atoms with Crippen LogP contribution in [0, 0.1) is 3.57 Å². The van der Waals surface area contributed by atoms with Crippen molar-refractivity contribution in [3.05, 3.63) is 51.9 Å². The number of nitrogens with one attached hydrogen (secondary N) is 1. The maximum absolute atomic E-state index is 12.5. The van der Waals surface area contributed by atoms with Crippen molar-refractivity contribution in [2.45, 2.75) is 45.6 Å². The molecule has 7 nitrogen and oxygen atoms in total. The van der Waals surface area contributed by atoms with Crippen LogP contribution in [0.15, 0.2) is 42.7 Å². The molecule has 26 heavy (non-hydrogen) atoms. The van der Waals surface area contributed by atoms with Crippen LogP contribution in [0.4, 0.5) is 4.79 Å². The first-order valence-electron chi connectivity index (χ1n) is 8.11. The Labute approximate surface area is 166 Å². The lowest BCUT2D eigenvalue weighted by Gasteiger charge is -2.23. The molecule has 0 aliphatic carbocycles. The second-order valence-electron chi connectivity index (χ2n) is 6.67. The van der Waals surface area contributed by atoms with Crippen LogP contribution in [-0.4, -0.2) is 33.5 Å². The summed E-state index contributed by atoms with van der Waals surface area (Å²) in [5.41, 5.74) is 0.203. The minimum atomic E-state index is -0.913. The van der Waals surface area contributed by atoms with Crippen LogP contribution in [0.3, 0.4) is 0 Å². The molecule has 1 N–H and O–H groups in total. The number of esters is 1. The van der Waals surface area contributed by atoms with Gasteiger partial charge >= 0.3 is 12.1 Å². The van der Waals surface area contributed by atoms with Gasteiger partial charge in [-0.2, -0.15) is 5.10 Å². The molecular formula is C18H22IN3O4. The normalized spacial score (nSPS) is 12.3. The van der Waals surface area contributed by atoms with E-state index in [2.05, 4.69) is 33.0 Å². The number of hydrogen-bond acceptors (Lipinski definition) is 5. The SMILES string of the molecule is CC(C)(C)OC(=O)N[C@@H](Cn1cc(I)cn1)C(=O)OCc1ccccc1. The van der Waals surface area contributed by atoms with Crippen LogP contribution in [0.25, 0.3) is 0 Å². The van der Waals surface area contributed by atoms with E-state index in [1.807, 2.05) is 30.3 Å². The Hall–Kier alpha value is -2.10. The van der Waals surface area contributed by atoms with Crippen molar-refractivity contribution in [2.24, 2.45) is 0 Å². The molecule has 0 radical (unpaired) electrons. The predicted molar refractivity (Wildman–Crippen MR) is 104 cm³/mol. The molecule has 140 valence electrons. The maximum atomic E-state index is 12.5. The molecule has 0 saturated heterocycles. The Morgan fingerprint density at radius 3 is 2.54 bits per heavy atom. The fourth-order valence-corrected chi connectivity index (χ4v) is 2.53. The van der Waals surface area contributed by atoms with Gasteiger partial charge in [0.25, 0.3) is 0 Å². The third-order valence-electron chi connectivity index (χ3n) is 3.17. The minimum absolute atomic E-state index is 0.128. The van der Waals surface area contributed by atoms with Gasteiger partial charge in [-0.3, -0.25) is 4.68 Å². The quantitative estimate of drug-likeness (QED) is 0.517. The summed E-state index contributed by atoms with van der Waals surface area (Å²) in [5, 5.41) is 6.72. The smallest absolute Gasteiger partial charge is 0.408 e. The lowest BCUT2D eigenvalue weighted by atomic mass is 10.2. The van der Waals surface area contributed by atoms with Gasteiger partial charge in [-0.15, -0.1) is 0 Å². The van der Waals surface area contributed by atoms with Crippen molar-refractivity contribution >= 4 is 34.7 Å². The van der Waals surface area contributed by atoms with Crippen LogP contribution in [0.5, 0.6) is 0 Å². The summed E-state index contributed by atoms with van der Waals surface area (Å²) in [6.45, 7) is 5.54. The minimum Gasteiger partial charge on any atom is -0.459 e. The third-order valence-corrected chi connectivity index (χ3v) is 3.73. The molecule has 0 bridgehead atoms. The molecule has 0 saturated carbocycles. The lowest BCUT2D eigenvalue weighted by molar-refractivity contribution is -0.148. The molecule has 0 spiro atoms. The number of alkyl carbamates (subject to hydrolysis) is 1. The first kappa shape index (κ1) is 20.2. The van der Waals surface area contributed by atoms with Crippen LogP contribution < -0.4 is 5.32 Å². The van der Waals surface area contributed by atoms with E-state index in [4.69, 9.17) is 9.47 Å². The van der Waals surface area contributed by atoms with Crippen molar-refractivity contribution in [3.63, 3.8) is 0 Å². The Morgan fingerprint density at radius 2 is 1.96 bits per heavy atom. The predicted octanol–water partition coefficient (Wildman–Crippen LogP) is 3.12. The molecule has 1 atom stereocenters. The van der Waals surface area contributed by atoms with Gasteiger partial charge in [0.1, 0.15) is 18.2 Å². The summed E-state index contributed by atoms with van der Waals surface area (Å²) in [5.74, 6) is -0.551. The first-order chi connectivity index (χ1) is 12.2. The lowest BCUT2D eigenvalue weighted by Crippen LogP contribution is -2.46. The molecular weight excluding hydrogens is 449 g/mol. The Morgan fingerprint density at radius 1 is 1.27 bits per heavy atom. The highest BCUT2D eigenvalue weighted by Gasteiger charge is 2.26. The maximum Gasteiger partial charge on any atom is 0.408 e. The highest BCUT2D eigenvalue weighted by molar-refractivity contribution is 14.1. The fourth-order valence-electron chi connectivity index (χ4n) is 2.08. The van der Waals surface area contributed by atoms with Crippen molar-refractivity contribution in [2.75, 3.05) is 0 Å². The van der Waals surface area contributed by atoms with Gasteiger partial charge in [-0.25, -0.2) is 9.59 Å². The van der Waals surface area contributed by atoms with Gasteiger partial charge in [0.05, 0.1) is 16.3 Å². The molecule has 1 aromatic heterocycles. The molecule has 2 rings (SSSR count). The highest BCUT2D eigenvalue weighted by atomic mass is 127. The Bertz CT molecular complexity index is 740. The standard InChI is InChI=1S/C18H22IN3O4/c1-18(2,3)26-17(24)21-15(11-22-10-14(19)9-20-22)16(23)25-12-13-7-5-4-6-8-13/h4-10,15H,11-12H2,1-3H3,(H,21,24)/t15-/m0/s1. The van der Waals surface area contributed by atoms with Crippen molar-refractivity contribution in [1.29, 1.82) is 0 Å². The summed E-state index contributed by atoms with van der Waals surface area (Å²) in [6.07, 6.45) is 2.76. The van der Waals surface area contributed by atoms with Crippen LogP contribution in [0.1, 0.15) is 26.3 Å². The van der Waals surface area contributed by atoms with E-state index in [-0.39, 0.29) is 13.2 Å². The van der Waals surface area contributed by atoms with Gasteiger partial charge in [0, 0.05) is 6.20 Å². The number of ether oxygens (including phenoxy) is 2. The van der Waals surface area contributed by atoms with Crippen LogP contribution >= 0.6 is 22.6 Å². The van der Waals surface area contributed by atoms with E-state index < -0.39 is 23.7 Å². The summed E-state index contributed by atoms with van der Waals surface area (Å²) in [4.78, 5) is 24.6. The van der Waals surface area contributed by atoms with Crippen molar-refractivity contribution in [3.8, 4) is 0 Å². The van der Waals surface area contributed by atoms with E-state index in [1.165, 1.54) is 0 Å². The number of rotatable bonds is 6. The first-order valence-corrected chi connectivity index (χ1v) is 9.19. The van der Waals surface area contributed by atoms with Crippen LogP contribution in [0.2, 0.25) is 0 Å². The average Bonchev–Trinajstić information content (AvgIpc) is 2.96. The summed E-state index contributed by atoms with van der Waals surface area (Å²) in [6, 6.07) is 8.43. The monoisotopic (exact) mass is 471 g/mol. The molecule has 8 heteroatoms. The molecule has 0 aliphatic heterocycles. The van der Waals surface area contributed by atoms with Crippen molar-refractivity contribution < 1.29 is 19.1 Å². The number of amides is 1. The van der Waals surface area contributed by atoms with E-state index in [0.717, 1.165) is 9.13 Å².